The summed E-state index contributed by atoms with van der Waals surface area (Å²) in [6.45, 7) is 0. The van der Waals surface area contributed by atoms with E-state index in [-0.39, 0.29) is 20.9 Å². The van der Waals surface area contributed by atoms with Crippen LogP contribution in [-0.2, 0) is 0 Å². The van der Waals surface area contributed by atoms with E-state index >= 15 is 0 Å². The van der Waals surface area contributed by atoms with Gasteiger partial charge in [-0.15, -0.1) is 0 Å². The minimum absolute atomic E-state index is 0.217. The fraction of sp³-hybridized carbons (Fsp3) is 0. The van der Waals surface area contributed by atoms with Crippen molar-refractivity contribution in [3.63, 3.8) is 0 Å². The Kier molecular flexibility index (Phi) is 3.41. The summed E-state index contributed by atoms with van der Waals surface area (Å²) in [6, 6.07) is 16.2. The van der Waals surface area contributed by atoms with Crippen molar-refractivity contribution in [1.29, 1.82) is 0 Å². The van der Waals surface area contributed by atoms with Crippen LogP contribution in [0.5, 0.6) is 0 Å². The SMILES string of the molecule is O=C(O)Nc1nc2cc([Se]c3ccccc3)ccc2[nH]1. The van der Waals surface area contributed by atoms with E-state index in [1.54, 1.807) is 0 Å². The van der Waals surface area contributed by atoms with Crippen molar-refractivity contribution < 1.29 is 9.90 Å². The van der Waals surface area contributed by atoms with Crippen molar-refractivity contribution >= 4 is 47.0 Å². The molecule has 0 atom stereocenters. The number of imidazole rings is 1. The van der Waals surface area contributed by atoms with Gasteiger partial charge in [-0.3, -0.25) is 0 Å². The summed E-state index contributed by atoms with van der Waals surface area (Å²) in [5, 5.41) is 10.9. The number of carboxylic acid groups (broad SMARTS) is 1. The van der Waals surface area contributed by atoms with Crippen molar-refractivity contribution in [2.75, 3.05) is 5.32 Å². The van der Waals surface area contributed by atoms with Crippen LogP contribution in [0.3, 0.4) is 0 Å². The fourth-order valence-corrected chi connectivity index (χ4v) is 3.66. The monoisotopic (exact) mass is 333 g/mol. The molecule has 0 saturated carbocycles. The first kappa shape index (κ1) is 12.7. The standard InChI is InChI=1S/C14H11N3O2Se/c18-14(19)17-13-15-11-7-6-10(8-12(11)16-13)20-9-4-2-1-3-5-9/h1-8H,(H,18,19)(H2,15,16,17). The van der Waals surface area contributed by atoms with Crippen LogP contribution in [0.4, 0.5) is 10.7 Å². The topological polar surface area (TPSA) is 78.0 Å². The normalized spacial score (nSPS) is 10.6. The number of anilines is 1. The van der Waals surface area contributed by atoms with E-state index in [1.165, 1.54) is 8.92 Å². The maximum absolute atomic E-state index is 10.6. The van der Waals surface area contributed by atoms with Crippen molar-refractivity contribution in [3.05, 3.63) is 48.5 Å². The van der Waals surface area contributed by atoms with E-state index in [0.717, 1.165) is 11.0 Å². The average molecular weight is 332 g/mol. The second kappa shape index (κ2) is 5.36. The van der Waals surface area contributed by atoms with Crippen LogP contribution < -0.4 is 14.2 Å². The molecule has 0 saturated heterocycles. The van der Waals surface area contributed by atoms with E-state index in [0.29, 0.717) is 0 Å². The number of H-pyrrole nitrogens is 1. The first-order valence-electron chi connectivity index (χ1n) is 5.93. The van der Waals surface area contributed by atoms with Gasteiger partial charge in [0.15, 0.2) is 0 Å². The maximum atomic E-state index is 10.6. The second-order valence-corrected chi connectivity index (χ2v) is 6.52. The number of hydrogen-bond donors (Lipinski definition) is 3. The Bertz CT molecular complexity index is 755. The molecule has 6 heteroatoms. The third kappa shape index (κ3) is 2.82. The van der Waals surface area contributed by atoms with Crippen LogP contribution in [0, 0.1) is 0 Å². The third-order valence-electron chi connectivity index (χ3n) is 2.66. The summed E-state index contributed by atoms with van der Waals surface area (Å²) in [6.07, 6.45) is -1.13. The molecule has 1 amide bonds. The Morgan fingerprint density at radius 1 is 1.15 bits per heavy atom. The van der Waals surface area contributed by atoms with Gasteiger partial charge in [0.05, 0.1) is 0 Å². The van der Waals surface area contributed by atoms with Crippen LogP contribution >= 0.6 is 0 Å². The Hall–Kier alpha value is -2.30. The zero-order chi connectivity index (χ0) is 13.9. The first-order valence-corrected chi connectivity index (χ1v) is 7.64. The van der Waals surface area contributed by atoms with Gasteiger partial charge in [-0.05, 0) is 0 Å². The van der Waals surface area contributed by atoms with Crippen molar-refractivity contribution in [1.82, 2.24) is 9.97 Å². The Morgan fingerprint density at radius 3 is 2.70 bits per heavy atom. The molecule has 0 spiro atoms. The molecule has 1 aromatic heterocycles. The number of benzene rings is 2. The molecule has 100 valence electrons. The van der Waals surface area contributed by atoms with Crippen LogP contribution in [0.2, 0.25) is 0 Å². The van der Waals surface area contributed by atoms with Crippen molar-refractivity contribution in [2.45, 2.75) is 0 Å². The zero-order valence-electron chi connectivity index (χ0n) is 10.3. The van der Waals surface area contributed by atoms with Gasteiger partial charge < -0.3 is 0 Å². The molecule has 0 fully saturated rings. The Labute approximate surface area is 121 Å². The first-order chi connectivity index (χ1) is 9.70. The number of rotatable bonds is 3. The number of amides is 1. The molecule has 5 nitrogen and oxygen atoms in total. The molecule has 0 unspecified atom stereocenters. The fourth-order valence-electron chi connectivity index (χ4n) is 1.83. The van der Waals surface area contributed by atoms with Gasteiger partial charge in [0, 0.05) is 0 Å². The predicted octanol–water partition coefficient (Wildman–Crippen LogP) is 1.31. The number of aromatic nitrogens is 2. The molecule has 1 heterocycles. The number of nitrogens with zero attached hydrogens (tertiary/aromatic N) is 1. The van der Waals surface area contributed by atoms with Gasteiger partial charge >= 0.3 is 121 Å². The predicted molar refractivity (Wildman–Crippen MR) is 79.2 cm³/mol. The van der Waals surface area contributed by atoms with E-state index in [4.69, 9.17) is 5.11 Å². The van der Waals surface area contributed by atoms with Crippen molar-refractivity contribution in [2.24, 2.45) is 0 Å². The molecule has 2 aromatic carbocycles. The van der Waals surface area contributed by atoms with Gasteiger partial charge in [-0.2, -0.15) is 0 Å². The van der Waals surface area contributed by atoms with Gasteiger partial charge in [0.2, 0.25) is 0 Å². The Morgan fingerprint density at radius 2 is 1.95 bits per heavy atom. The summed E-state index contributed by atoms with van der Waals surface area (Å²) in [5.74, 6) is 0.247. The van der Waals surface area contributed by atoms with Crippen LogP contribution in [0.15, 0.2) is 48.5 Å². The summed E-state index contributed by atoms with van der Waals surface area (Å²) in [4.78, 5) is 17.7. The van der Waals surface area contributed by atoms with E-state index in [1.807, 2.05) is 36.4 Å². The molecule has 0 bridgehead atoms. The number of fused-ring (bicyclic) bond motifs is 1. The quantitative estimate of drug-likeness (QED) is 0.633. The number of hydrogen-bond acceptors (Lipinski definition) is 2. The molecular formula is C14H11N3O2Se. The zero-order valence-corrected chi connectivity index (χ0v) is 12.0. The van der Waals surface area contributed by atoms with Crippen LogP contribution in [0.1, 0.15) is 0 Å². The van der Waals surface area contributed by atoms with Gasteiger partial charge in [-0.25, -0.2) is 0 Å². The van der Waals surface area contributed by atoms with Crippen LogP contribution in [0.25, 0.3) is 11.0 Å². The summed E-state index contributed by atoms with van der Waals surface area (Å²) < 4.78 is 2.49. The molecule has 0 aliphatic carbocycles. The van der Waals surface area contributed by atoms with Crippen LogP contribution in [-0.4, -0.2) is 36.1 Å². The minimum atomic E-state index is -1.13. The number of aromatic amines is 1. The van der Waals surface area contributed by atoms with Crippen molar-refractivity contribution in [3.8, 4) is 0 Å². The molecule has 0 radical (unpaired) electrons. The molecule has 0 aliphatic heterocycles. The summed E-state index contributed by atoms with van der Waals surface area (Å²) in [5.41, 5.74) is 1.59. The Balaban J connectivity index is 1.88. The number of carbonyl (C=O) groups is 1. The molecule has 3 aromatic rings. The summed E-state index contributed by atoms with van der Waals surface area (Å²) in [7, 11) is 0. The molecule has 3 rings (SSSR count). The third-order valence-corrected chi connectivity index (χ3v) is 4.75. The molecule has 20 heavy (non-hydrogen) atoms. The molecule has 3 N–H and O–H groups in total. The second-order valence-electron chi connectivity index (χ2n) is 4.11. The molecule has 0 aliphatic rings. The van der Waals surface area contributed by atoms with E-state index in [9.17, 15) is 4.79 Å². The van der Waals surface area contributed by atoms with Gasteiger partial charge in [0.25, 0.3) is 0 Å². The summed E-state index contributed by atoms with van der Waals surface area (Å²) >= 11 is 0.217. The van der Waals surface area contributed by atoms with Gasteiger partial charge in [-0.1, -0.05) is 0 Å². The van der Waals surface area contributed by atoms with E-state index in [2.05, 4.69) is 27.4 Å². The van der Waals surface area contributed by atoms with E-state index < -0.39 is 6.09 Å². The van der Waals surface area contributed by atoms with Gasteiger partial charge in [0.1, 0.15) is 0 Å². The molecular weight excluding hydrogens is 321 g/mol. The average Bonchev–Trinajstić information content (AvgIpc) is 2.80. The number of nitrogens with one attached hydrogen (secondary N) is 2.